The van der Waals surface area contributed by atoms with Gasteiger partial charge in [-0.25, -0.2) is 4.98 Å². The molecule has 16 heavy (non-hydrogen) atoms. The number of hydrogen-bond donors (Lipinski definition) is 1. The van der Waals surface area contributed by atoms with Crippen LogP contribution in [0.3, 0.4) is 0 Å². The Morgan fingerprint density at radius 3 is 3.19 bits per heavy atom. The zero-order chi connectivity index (χ0) is 11.5. The van der Waals surface area contributed by atoms with Gasteiger partial charge in [-0.2, -0.15) is 0 Å². The van der Waals surface area contributed by atoms with Crippen molar-refractivity contribution in [1.29, 1.82) is 0 Å². The van der Waals surface area contributed by atoms with Gasteiger partial charge in [0.2, 0.25) is 5.91 Å². The van der Waals surface area contributed by atoms with Crippen molar-refractivity contribution in [2.75, 3.05) is 6.54 Å². The fourth-order valence-corrected chi connectivity index (χ4v) is 2.07. The monoisotopic (exact) mass is 255 g/mol. The summed E-state index contributed by atoms with van der Waals surface area (Å²) in [5.41, 5.74) is 0.754. The van der Waals surface area contributed by atoms with Gasteiger partial charge in [-0.15, -0.1) is 11.3 Å². The number of aromatic nitrogens is 2. The molecule has 0 saturated heterocycles. The summed E-state index contributed by atoms with van der Waals surface area (Å²) in [5, 5.41) is 5.01. The first-order valence-corrected chi connectivity index (χ1v) is 5.92. The second-order valence-electron chi connectivity index (χ2n) is 3.30. The van der Waals surface area contributed by atoms with Crippen LogP contribution in [0.15, 0.2) is 29.4 Å². The first kappa shape index (κ1) is 11.2. The molecule has 2 rings (SSSR count). The standard InChI is InChI=1S/C10H10ClN3OS/c1-7(11)5-12-9(15)4-8-6-14-2-3-16-10(14)13-8/h2-3,6H,1,4-5H2,(H,12,15). The van der Waals surface area contributed by atoms with Crippen molar-refractivity contribution in [3.05, 3.63) is 35.1 Å². The molecule has 0 bridgehead atoms. The fraction of sp³-hybridized carbons (Fsp3) is 0.200. The van der Waals surface area contributed by atoms with Crippen molar-refractivity contribution in [1.82, 2.24) is 14.7 Å². The van der Waals surface area contributed by atoms with Crippen LogP contribution >= 0.6 is 22.9 Å². The highest BCUT2D eigenvalue weighted by Crippen LogP contribution is 2.11. The Hall–Kier alpha value is -1.33. The maximum atomic E-state index is 11.5. The molecule has 0 aromatic carbocycles. The summed E-state index contributed by atoms with van der Waals surface area (Å²) >= 11 is 7.08. The van der Waals surface area contributed by atoms with Crippen LogP contribution in [0.4, 0.5) is 0 Å². The molecule has 0 aliphatic carbocycles. The number of imidazole rings is 1. The van der Waals surface area contributed by atoms with Crippen molar-refractivity contribution in [3.8, 4) is 0 Å². The SMILES string of the molecule is C=C(Cl)CNC(=O)Cc1cn2ccsc2n1. The number of thiazole rings is 1. The zero-order valence-electron chi connectivity index (χ0n) is 8.44. The van der Waals surface area contributed by atoms with Crippen molar-refractivity contribution in [2.24, 2.45) is 0 Å². The van der Waals surface area contributed by atoms with E-state index in [-0.39, 0.29) is 12.3 Å². The van der Waals surface area contributed by atoms with E-state index in [1.807, 2.05) is 22.2 Å². The quantitative estimate of drug-likeness (QED) is 0.906. The summed E-state index contributed by atoms with van der Waals surface area (Å²) in [6.45, 7) is 3.79. The Morgan fingerprint density at radius 1 is 1.69 bits per heavy atom. The van der Waals surface area contributed by atoms with Crippen molar-refractivity contribution in [3.63, 3.8) is 0 Å². The molecule has 0 spiro atoms. The Labute approximate surface area is 102 Å². The summed E-state index contributed by atoms with van der Waals surface area (Å²) in [7, 11) is 0. The van der Waals surface area contributed by atoms with Gasteiger partial charge in [-0.05, 0) is 0 Å². The summed E-state index contributed by atoms with van der Waals surface area (Å²) in [6, 6.07) is 0. The number of fused-ring (bicyclic) bond motifs is 1. The molecule has 0 fully saturated rings. The summed E-state index contributed by atoms with van der Waals surface area (Å²) < 4.78 is 1.90. The minimum absolute atomic E-state index is 0.104. The number of halogens is 1. The number of nitrogens with one attached hydrogen (secondary N) is 1. The Bertz CT molecular complexity index is 502. The molecule has 0 aliphatic rings. The molecular weight excluding hydrogens is 246 g/mol. The number of hydrogen-bond acceptors (Lipinski definition) is 3. The van der Waals surface area contributed by atoms with Crippen LogP contribution in [0, 0.1) is 0 Å². The van der Waals surface area contributed by atoms with E-state index in [0.29, 0.717) is 11.6 Å². The topological polar surface area (TPSA) is 46.4 Å². The second kappa shape index (κ2) is 4.67. The third-order valence-corrected chi connectivity index (χ3v) is 2.87. The molecule has 6 heteroatoms. The molecule has 0 radical (unpaired) electrons. The number of carbonyl (C=O) groups is 1. The Kier molecular flexibility index (Phi) is 3.26. The van der Waals surface area contributed by atoms with E-state index in [1.54, 1.807) is 0 Å². The second-order valence-corrected chi connectivity index (χ2v) is 4.70. The third-order valence-electron chi connectivity index (χ3n) is 1.96. The highest BCUT2D eigenvalue weighted by atomic mass is 35.5. The molecule has 2 aromatic heterocycles. The van der Waals surface area contributed by atoms with E-state index in [2.05, 4.69) is 16.9 Å². The van der Waals surface area contributed by atoms with Gasteiger partial charge >= 0.3 is 0 Å². The van der Waals surface area contributed by atoms with Gasteiger partial charge in [0.05, 0.1) is 18.7 Å². The van der Waals surface area contributed by atoms with E-state index in [0.717, 1.165) is 10.7 Å². The first-order valence-electron chi connectivity index (χ1n) is 4.66. The maximum Gasteiger partial charge on any atom is 0.226 e. The van der Waals surface area contributed by atoms with E-state index in [9.17, 15) is 4.79 Å². The van der Waals surface area contributed by atoms with Gasteiger partial charge < -0.3 is 5.32 Å². The van der Waals surface area contributed by atoms with Gasteiger partial charge in [0.15, 0.2) is 4.96 Å². The highest BCUT2D eigenvalue weighted by molar-refractivity contribution is 7.15. The lowest BCUT2D eigenvalue weighted by atomic mass is 10.3. The Morgan fingerprint density at radius 2 is 2.50 bits per heavy atom. The van der Waals surface area contributed by atoms with Crippen molar-refractivity contribution < 1.29 is 4.79 Å². The molecule has 84 valence electrons. The first-order chi connectivity index (χ1) is 7.65. The van der Waals surface area contributed by atoms with Crippen LogP contribution in [0.2, 0.25) is 0 Å². The zero-order valence-corrected chi connectivity index (χ0v) is 10.0. The lowest BCUT2D eigenvalue weighted by molar-refractivity contribution is -0.120. The predicted octanol–water partition coefficient (Wildman–Crippen LogP) is 1.81. The van der Waals surface area contributed by atoms with E-state index in [4.69, 9.17) is 11.6 Å². The molecule has 1 N–H and O–H groups in total. The fourth-order valence-electron chi connectivity index (χ4n) is 1.28. The largest absolute Gasteiger partial charge is 0.351 e. The average Bonchev–Trinajstić information content (AvgIpc) is 2.74. The molecule has 2 aromatic rings. The summed E-state index contributed by atoms with van der Waals surface area (Å²) in [5.74, 6) is -0.104. The van der Waals surface area contributed by atoms with Crippen molar-refractivity contribution in [2.45, 2.75) is 6.42 Å². The summed E-state index contributed by atoms with van der Waals surface area (Å²) in [4.78, 5) is 16.7. The normalized spacial score (nSPS) is 10.6. The van der Waals surface area contributed by atoms with Gasteiger partial charge in [-0.3, -0.25) is 9.20 Å². The van der Waals surface area contributed by atoms with Crippen LogP contribution in [0.25, 0.3) is 4.96 Å². The predicted molar refractivity (Wildman–Crippen MR) is 64.8 cm³/mol. The Balaban J connectivity index is 1.96. The lowest BCUT2D eigenvalue weighted by Gasteiger charge is -2.01. The highest BCUT2D eigenvalue weighted by Gasteiger charge is 2.07. The van der Waals surface area contributed by atoms with Gasteiger partial charge in [0, 0.05) is 22.8 Å². The van der Waals surface area contributed by atoms with Gasteiger partial charge in [0.25, 0.3) is 0 Å². The van der Waals surface area contributed by atoms with Crippen LogP contribution in [0.5, 0.6) is 0 Å². The average molecular weight is 256 g/mol. The smallest absolute Gasteiger partial charge is 0.226 e. The van der Waals surface area contributed by atoms with E-state index in [1.165, 1.54) is 11.3 Å². The molecule has 2 heterocycles. The molecule has 0 aliphatic heterocycles. The summed E-state index contributed by atoms with van der Waals surface area (Å²) in [6.07, 6.45) is 4.02. The van der Waals surface area contributed by atoms with Gasteiger partial charge in [-0.1, -0.05) is 18.2 Å². The van der Waals surface area contributed by atoms with Crippen LogP contribution in [0.1, 0.15) is 5.69 Å². The molecule has 1 amide bonds. The minimum atomic E-state index is -0.104. The maximum absolute atomic E-state index is 11.5. The number of rotatable bonds is 4. The lowest BCUT2D eigenvalue weighted by Crippen LogP contribution is -2.26. The number of carbonyl (C=O) groups excluding carboxylic acids is 1. The third kappa shape index (κ3) is 2.62. The molecule has 0 unspecified atom stereocenters. The number of amides is 1. The molecule has 0 saturated carbocycles. The van der Waals surface area contributed by atoms with Crippen LogP contribution in [-0.2, 0) is 11.2 Å². The van der Waals surface area contributed by atoms with Gasteiger partial charge in [0.1, 0.15) is 0 Å². The van der Waals surface area contributed by atoms with E-state index < -0.39 is 0 Å². The van der Waals surface area contributed by atoms with Crippen LogP contribution < -0.4 is 5.32 Å². The minimum Gasteiger partial charge on any atom is -0.351 e. The van der Waals surface area contributed by atoms with E-state index >= 15 is 0 Å². The molecule has 4 nitrogen and oxygen atoms in total. The molecular formula is C10H10ClN3OS. The van der Waals surface area contributed by atoms with Crippen LogP contribution in [-0.4, -0.2) is 21.8 Å². The van der Waals surface area contributed by atoms with Crippen molar-refractivity contribution >= 4 is 33.8 Å². The number of nitrogens with zero attached hydrogens (tertiary/aromatic N) is 2. The molecule has 0 atom stereocenters.